The molecule has 0 aliphatic carbocycles. The van der Waals surface area contributed by atoms with Crippen LogP contribution in [0, 0.1) is 0 Å². The van der Waals surface area contributed by atoms with Crippen LogP contribution in [0.5, 0.6) is 0 Å². The lowest BCUT2D eigenvalue weighted by atomic mass is 10.1. The molecule has 0 aromatic heterocycles. The number of hydrogen-bond donors (Lipinski definition) is 2. The molecule has 3 N–H and O–H groups in total. The van der Waals surface area contributed by atoms with Gasteiger partial charge in [-0.2, -0.15) is 0 Å². The molecular formula is C30H60NO7P. The summed E-state index contributed by atoms with van der Waals surface area (Å²) in [6.07, 6.45) is 25.1. The minimum atomic E-state index is -4.25. The van der Waals surface area contributed by atoms with Crippen LogP contribution in [0.4, 0.5) is 0 Å². The lowest BCUT2D eigenvalue weighted by Crippen LogP contribution is -2.28. The Morgan fingerprint density at radius 2 is 1.31 bits per heavy atom. The highest BCUT2D eigenvalue weighted by atomic mass is 31.2. The van der Waals surface area contributed by atoms with E-state index in [-0.39, 0.29) is 32.3 Å². The molecule has 9 heteroatoms. The van der Waals surface area contributed by atoms with Gasteiger partial charge in [0, 0.05) is 19.6 Å². The van der Waals surface area contributed by atoms with Gasteiger partial charge in [-0.3, -0.25) is 13.8 Å². The number of carbonyl (C=O) groups excluding carboxylic acids is 1. The highest BCUT2D eigenvalue weighted by Crippen LogP contribution is 2.43. The van der Waals surface area contributed by atoms with Crippen molar-refractivity contribution in [1.82, 2.24) is 0 Å². The molecule has 2 atom stereocenters. The summed E-state index contributed by atoms with van der Waals surface area (Å²) in [6.45, 7) is 4.83. The fourth-order valence-corrected chi connectivity index (χ4v) is 4.86. The predicted octanol–water partition coefficient (Wildman–Crippen LogP) is 8.02. The van der Waals surface area contributed by atoms with Crippen molar-refractivity contribution in [3.63, 3.8) is 0 Å². The summed E-state index contributed by atoms with van der Waals surface area (Å²) >= 11 is 0. The number of carbonyl (C=O) groups is 1. The third-order valence-electron chi connectivity index (χ3n) is 6.43. The molecule has 0 saturated heterocycles. The molecule has 0 aliphatic rings. The molecule has 0 aromatic rings. The van der Waals surface area contributed by atoms with Gasteiger partial charge in [0.2, 0.25) is 0 Å². The summed E-state index contributed by atoms with van der Waals surface area (Å²) < 4.78 is 33.0. The highest BCUT2D eigenvalue weighted by Gasteiger charge is 2.25. The van der Waals surface area contributed by atoms with E-state index in [2.05, 4.69) is 26.0 Å². The van der Waals surface area contributed by atoms with Gasteiger partial charge in [0.1, 0.15) is 6.10 Å². The number of hydrogen-bond acceptors (Lipinski definition) is 7. The van der Waals surface area contributed by atoms with Crippen molar-refractivity contribution in [1.29, 1.82) is 0 Å². The van der Waals surface area contributed by atoms with E-state index in [1.165, 1.54) is 83.5 Å². The third kappa shape index (κ3) is 28.6. The fraction of sp³-hybridized carbons (Fsp3) is 0.900. The first-order chi connectivity index (χ1) is 18.9. The van der Waals surface area contributed by atoms with Gasteiger partial charge in [0.15, 0.2) is 0 Å². The van der Waals surface area contributed by atoms with Gasteiger partial charge < -0.3 is 20.1 Å². The van der Waals surface area contributed by atoms with Gasteiger partial charge >= 0.3 is 13.8 Å². The molecular weight excluding hydrogens is 517 g/mol. The van der Waals surface area contributed by atoms with E-state index in [9.17, 15) is 14.3 Å². The predicted molar refractivity (Wildman–Crippen MR) is 160 cm³/mol. The number of esters is 1. The number of phosphoric acid groups is 1. The Morgan fingerprint density at radius 1 is 0.744 bits per heavy atom. The van der Waals surface area contributed by atoms with E-state index in [0.717, 1.165) is 32.1 Å². The van der Waals surface area contributed by atoms with Crippen LogP contribution in [0.15, 0.2) is 12.2 Å². The second-order valence-corrected chi connectivity index (χ2v) is 11.8. The molecule has 0 amide bonds. The largest absolute Gasteiger partial charge is 0.472 e. The van der Waals surface area contributed by atoms with Gasteiger partial charge in [0.25, 0.3) is 0 Å². The standard InChI is InChI=1S/C30H60NO7P/c1-3-5-7-9-11-13-14-15-16-18-20-22-25-35-27-29(28-37-39(33,34)36-26-24-31)38-30(32)23-21-19-17-12-10-8-6-4-2/h9,11,29H,3-8,10,12-28,31H2,1-2H3,(H,33,34)/b11-9-. The molecule has 232 valence electrons. The van der Waals surface area contributed by atoms with E-state index in [0.29, 0.717) is 13.0 Å². The van der Waals surface area contributed by atoms with Crippen molar-refractivity contribution in [3.05, 3.63) is 12.2 Å². The monoisotopic (exact) mass is 577 g/mol. The van der Waals surface area contributed by atoms with Crippen LogP contribution in [-0.2, 0) is 27.9 Å². The van der Waals surface area contributed by atoms with Crippen molar-refractivity contribution in [2.24, 2.45) is 5.73 Å². The topological polar surface area (TPSA) is 117 Å². The molecule has 0 fully saturated rings. The SMILES string of the molecule is CCCC/C=C\CCCCCCCCOCC(COP(=O)(O)OCCN)OC(=O)CCCCCCCCCC. The molecule has 0 radical (unpaired) electrons. The minimum absolute atomic E-state index is 0.0944. The molecule has 0 saturated carbocycles. The maximum Gasteiger partial charge on any atom is 0.472 e. The van der Waals surface area contributed by atoms with E-state index in [1.807, 2.05) is 0 Å². The first-order valence-corrected chi connectivity index (χ1v) is 17.2. The summed E-state index contributed by atoms with van der Waals surface area (Å²) in [5.41, 5.74) is 5.32. The zero-order chi connectivity index (χ0) is 28.9. The highest BCUT2D eigenvalue weighted by molar-refractivity contribution is 7.47. The van der Waals surface area contributed by atoms with Crippen LogP contribution >= 0.6 is 7.82 Å². The molecule has 0 spiro atoms. The Labute approximate surface area is 239 Å². The van der Waals surface area contributed by atoms with Gasteiger partial charge in [-0.25, -0.2) is 4.57 Å². The van der Waals surface area contributed by atoms with E-state index >= 15 is 0 Å². The smallest absolute Gasteiger partial charge is 0.457 e. The Balaban J connectivity index is 4.16. The number of nitrogens with two attached hydrogens (primary N) is 1. The van der Waals surface area contributed by atoms with E-state index in [4.69, 9.17) is 24.3 Å². The third-order valence-corrected chi connectivity index (χ3v) is 7.42. The number of allylic oxidation sites excluding steroid dienone is 2. The maximum absolute atomic E-state index is 12.4. The average Bonchev–Trinajstić information content (AvgIpc) is 2.92. The molecule has 0 heterocycles. The normalized spacial score (nSPS) is 14.1. The molecule has 0 bridgehead atoms. The quantitative estimate of drug-likeness (QED) is 0.0381. The van der Waals surface area contributed by atoms with Crippen LogP contribution in [0.3, 0.4) is 0 Å². The van der Waals surface area contributed by atoms with Crippen LogP contribution in [0.25, 0.3) is 0 Å². The molecule has 0 rings (SSSR count). The molecule has 8 nitrogen and oxygen atoms in total. The molecule has 0 aromatic carbocycles. The van der Waals surface area contributed by atoms with Gasteiger partial charge in [-0.05, 0) is 32.1 Å². The number of unbranched alkanes of at least 4 members (excludes halogenated alkanes) is 15. The number of phosphoric ester groups is 1. The molecule has 39 heavy (non-hydrogen) atoms. The number of ether oxygens (including phenoxy) is 2. The fourth-order valence-electron chi connectivity index (χ4n) is 4.09. The summed E-state index contributed by atoms with van der Waals surface area (Å²) in [5, 5.41) is 0. The Bertz CT molecular complexity index is 618. The van der Waals surface area contributed by atoms with Crippen molar-refractivity contribution in [2.45, 2.75) is 142 Å². The minimum Gasteiger partial charge on any atom is -0.457 e. The first-order valence-electron chi connectivity index (χ1n) is 15.7. The van der Waals surface area contributed by atoms with Crippen molar-refractivity contribution in [3.8, 4) is 0 Å². The Morgan fingerprint density at radius 3 is 1.95 bits per heavy atom. The lowest BCUT2D eigenvalue weighted by Gasteiger charge is -2.20. The van der Waals surface area contributed by atoms with E-state index in [1.54, 1.807) is 0 Å². The molecule has 0 aliphatic heterocycles. The van der Waals surface area contributed by atoms with Crippen LogP contribution in [-0.4, -0.2) is 49.9 Å². The Kier molecular flexibility index (Phi) is 28.2. The summed E-state index contributed by atoms with van der Waals surface area (Å²) in [6, 6.07) is 0. The second-order valence-electron chi connectivity index (χ2n) is 10.3. The lowest BCUT2D eigenvalue weighted by molar-refractivity contribution is -0.154. The van der Waals surface area contributed by atoms with Crippen LogP contribution in [0.2, 0.25) is 0 Å². The zero-order valence-electron chi connectivity index (χ0n) is 25.1. The Hall–Kier alpha value is -0.760. The van der Waals surface area contributed by atoms with Gasteiger partial charge in [-0.1, -0.05) is 109 Å². The van der Waals surface area contributed by atoms with E-state index < -0.39 is 13.9 Å². The van der Waals surface area contributed by atoms with Crippen molar-refractivity contribution < 1.29 is 32.8 Å². The molecule has 2 unspecified atom stereocenters. The zero-order valence-corrected chi connectivity index (χ0v) is 26.0. The maximum atomic E-state index is 12.4. The summed E-state index contributed by atoms with van der Waals surface area (Å²) in [4.78, 5) is 22.1. The summed E-state index contributed by atoms with van der Waals surface area (Å²) in [7, 11) is -4.25. The first kappa shape index (κ1) is 38.2. The summed E-state index contributed by atoms with van der Waals surface area (Å²) in [5.74, 6) is -0.339. The van der Waals surface area contributed by atoms with Gasteiger partial charge in [-0.15, -0.1) is 0 Å². The van der Waals surface area contributed by atoms with Crippen LogP contribution < -0.4 is 5.73 Å². The van der Waals surface area contributed by atoms with Crippen molar-refractivity contribution >= 4 is 13.8 Å². The van der Waals surface area contributed by atoms with Gasteiger partial charge in [0.05, 0.1) is 19.8 Å². The number of rotatable bonds is 30. The second kappa shape index (κ2) is 28.8. The average molecular weight is 578 g/mol. The van der Waals surface area contributed by atoms with Crippen molar-refractivity contribution in [2.75, 3.05) is 33.0 Å². The van der Waals surface area contributed by atoms with Crippen LogP contribution in [0.1, 0.15) is 136 Å².